The van der Waals surface area contributed by atoms with Crippen molar-refractivity contribution < 1.29 is 19.1 Å². The number of fused-ring (bicyclic) bond motifs is 1. The molecule has 0 saturated carbocycles. The summed E-state index contributed by atoms with van der Waals surface area (Å²) < 4.78 is 4.83. The van der Waals surface area contributed by atoms with Crippen molar-refractivity contribution in [1.82, 2.24) is 0 Å². The second-order valence-electron chi connectivity index (χ2n) is 5.56. The number of thioether (sulfide) groups is 1. The van der Waals surface area contributed by atoms with Gasteiger partial charge in [-0.05, 0) is 32.9 Å². The van der Waals surface area contributed by atoms with E-state index in [2.05, 4.69) is 5.32 Å². The Morgan fingerprint density at radius 1 is 1.26 bits per heavy atom. The topological polar surface area (TPSA) is 75.7 Å². The van der Waals surface area contributed by atoms with Gasteiger partial charge in [-0.25, -0.2) is 0 Å². The minimum Gasteiger partial charge on any atom is -0.465 e. The highest BCUT2D eigenvalue weighted by Crippen LogP contribution is 2.36. The summed E-state index contributed by atoms with van der Waals surface area (Å²) in [5.74, 6) is -0.584. The van der Waals surface area contributed by atoms with Crippen LogP contribution in [0.1, 0.15) is 20.8 Å². The van der Waals surface area contributed by atoms with Crippen molar-refractivity contribution >= 4 is 40.9 Å². The lowest BCUT2D eigenvalue weighted by molar-refractivity contribution is -0.139. The van der Waals surface area contributed by atoms with Gasteiger partial charge in [-0.2, -0.15) is 0 Å². The Morgan fingerprint density at radius 3 is 2.65 bits per heavy atom. The number of ether oxygens (including phenoxy) is 1. The number of rotatable bonds is 5. The van der Waals surface area contributed by atoms with Crippen LogP contribution in [0.4, 0.5) is 11.4 Å². The zero-order chi connectivity index (χ0) is 17.0. The lowest BCUT2D eigenvalue weighted by Crippen LogP contribution is -2.59. The van der Waals surface area contributed by atoms with Crippen molar-refractivity contribution in [3.63, 3.8) is 0 Å². The molecule has 0 spiro atoms. The van der Waals surface area contributed by atoms with Crippen LogP contribution in [0.3, 0.4) is 0 Å². The lowest BCUT2D eigenvalue weighted by atomic mass is 9.96. The van der Waals surface area contributed by atoms with Crippen LogP contribution < -0.4 is 10.2 Å². The lowest BCUT2D eigenvalue weighted by Gasteiger charge is -2.42. The van der Waals surface area contributed by atoms with Crippen LogP contribution in [0.15, 0.2) is 24.3 Å². The summed E-state index contributed by atoms with van der Waals surface area (Å²) in [5, 5.41) is 2.81. The number of amides is 2. The van der Waals surface area contributed by atoms with E-state index in [4.69, 9.17) is 4.74 Å². The minimum atomic E-state index is -0.990. The molecule has 1 heterocycles. The molecule has 0 unspecified atom stereocenters. The van der Waals surface area contributed by atoms with Gasteiger partial charge in [0, 0.05) is 0 Å². The summed E-state index contributed by atoms with van der Waals surface area (Å²) in [4.78, 5) is 37.8. The molecule has 0 aliphatic carbocycles. The Bertz CT molecular complexity index is 630. The van der Waals surface area contributed by atoms with Crippen molar-refractivity contribution in [2.45, 2.75) is 26.3 Å². The molecule has 124 valence electrons. The van der Waals surface area contributed by atoms with E-state index in [0.717, 1.165) is 0 Å². The number of nitrogens with one attached hydrogen (secondary N) is 1. The molecule has 0 atom stereocenters. The molecule has 2 rings (SSSR count). The maximum absolute atomic E-state index is 12.6. The number of anilines is 2. The average molecular weight is 336 g/mol. The summed E-state index contributed by atoms with van der Waals surface area (Å²) in [6, 6.07) is 7.17. The van der Waals surface area contributed by atoms with E-state index in [-0.39, 0.29) is 29.3 Å². The fourth-order valence-corrected chi connectivity index (χ4v) is 3.04. The van der Waals surface area contributed by atoms with Gasteiger partial charge in [0.05, 0.1) is 29.5 Å². The first-order valence-electron chi connectivity index (χ1n) is 7.34. The maximum atomic E-state index is 12.6. The molecule has 0 aromatic heterocycles. The molecular formula is C16H20N2O4S. The van der Waals surface area contributed by atoms with Crippen molar-refractivity contribution in [1.29, 1.82) is 0 Å². The highest BCUT2D eigenvalue weighted by Gasteiger charge is 2.43. The van der Waals surface area contributed by atoms with Crippen LogP contribution >= 0.6 is 11.8 Å². The van der Waals surface area contributed by atoms with Gasteiger partial charge in [0.25, 0.3) is 0 Å². The van der Waals surface area contributed by atoms with Crippen LogP contribution in [0.5, 0.6) is 0 Å². The average Bonchev–Trinajstić information content (AvgIpc) is 2.48. The third kappa shape index (κ3) is 3.67. The smallest absolute Gasteiger partial charge is 0.315 e. The molecule has 1 aromatic rings. The molecule has 0 bridgehead atoms. The number of benzene rings is 1. The fourth-order valence-electron chi connectivity index (χ4n) is 2.39. The van der Waals surface area contributed by atoms with Crippen molar-refractivity contribution in [3.05, 3.63) is 24.3 Å². The molecule has 0 fully saturated rings. The second kappa shape index (κ2) is 7.04. The third-order valence-electron chi connectivity index (χ3n) is 3.51. The van der Waals surface area contributed by atoms with E-state index in [1.807, 2.05) is 6.07 Å². The molecule has 0 radical (unpaired) electrons. The standard InChI is InChI=1S/C16H20N2O4S/c1-4-22-14(20)10-23-9-13(19)18-12-8-6-5-7-11(12)17-15(21)16(18,2)3/h5-8H,4,9-10H2,1-3H3,(H,17,21). The number of carbonyl (C=O) groups excluding carboxylic acids is 3. The quantitative estimate of drug-likeness (QED) is 0.833. The summed E-state index contributed by atoms with van der Waals surface area (Å²) in [7, 11) is 0. The Kier molecular flexibility index (Phi) is 5.30. The number of carbonyl (C=O) groups is 3. The first kappa shape index (κ1) is 17.3. The van der Waals surface area contributed by atoms with Crippen LogP contribution in [0.25, 0.3) is 0 Å². The Morgan fingerprint density at radius 2 is 1.96 bits per heavy atom. The van der Waals surface area contributed by atoms with E-state index < -0.39 is 5.54 Å². The zero-order valence-corrected chi connectivity index (χ0v) is 14.2. The molecule has 0 saturated heterocycles. The predicted octanol–water partition coefficient (Wildman–Crippen LogP) is 2.05. The number of hydrogen-bond donors (Lipinski definition) is 1. The molecule has 6 nitrogen and oxygen atoms in total. The van der Waals surface area contributed by atoms with Crippen LogP contribution in [0.2, 0.25) is 0 Å². The zero-order valence-electron chi connectivity index (χ0n) is 13.4. The fraction of sp³-hybridized carbons (Fsp3) is 0.438. The highest BCUT2D eigenvalue weighted by atomic mass is 32.2. The third-order valence-corrected chi connectivity index (χ3v) is 4.40. The largest absolute Gasteiger partial charge is 0.465 e. The van der Waals surface area contributed by atoms with Gasteiger partial charge >= 0.3 is 5.97 Å². The first-order valence-corrected chi connectivity index (χ1v) is 8.50. The molecule has 1 aliphatic rings. The van der Waals surface area contributed by atoms with Gasteiger partial charge in [-0.15, -0.1) is 11.8 Å². The summed E-state index contributed by atoms with van der Waals surface area (Å²) in [6.07, 6.45) is 0. The summed E-state index contributed by atoms with van der Waals surface area (Å²) in [5.41, 5.74) is 0.287. The Labute approximate surface area is 139 Å². The Hall–Kier alpha value is -2.02. The molecule has 7 heteroatoms. The van der Waals surface area contributed by atoms with E-state index in [1.54, 1.807) is 39.0 Å². The van der Waals surface area contributed by atoms with Crippen LogP contribution in [0, 0.1) is 0 Å². The number of nitrogens with zero attached hydrogens (tertiary/aromatic N) is 1. The van der Waals surface area contributed by atoms with E-state index in [1.165, 1.54) is 16.7 Å². The molecule has 1 N–H and O–H groups in total. The van der Waals surface area contributed by atoms with Crippen molar-refractivity contribution in [3.8, 4) is 0 Å². The normalized spacial score (nSPS) is 15.6. The van der Waals surface area contributed by atoms with Gasteiger partial charge < -0.3 is 10.1 Å². The molecule has 1 aliphatic heterocycles. The van der Waals surface area contributed by atoms with Gasteiger partial charge in [0.2, 0.25) is 11.8 Å². The second-order valence-corrected chi connectivity index (χ2v) is 6.54. The summed E-state index contributed by atoms with van der Waals surface area (Å²) >= 11 is 1.18. The van der Waals surface area contributed by atoms with E-state index in [9.17, 15) is 14.4 Å². The van der Waals surface area contributed by atoms with Crippen LogP contribution in [-0.4, -0.2) is 41.4 Å². The maximum Gasteiger partial charge on any atom is 0.315 e. The molecule has 2 amide bonds. The van der Waals surface area contributed by atoms with Crippen molar-refractivity contribution in [2.75, 3.05) is 28.3 Å². The minimum absolute atomic E-state index is 0.101. The Balaban J connectivity index is 2.14. The van der Waals surface area contributed by atoms with Crippen molar-refractivity contribution in [2.24, 2.45) is 0 Å². The predicted molar refractivity (Wildman–Crippen MR) is 90.6 cm³/mol. The highest BCUT2D eigenvalue weighted by molar-refractivity contribution is 8.00. The molecule has 1 aromatic carbocycles. The molecule has 23 heavy (non-hydrogen) atoms. The molecular weight excluding hydrogens is 316 g/mol. The number of hydrogen-bond acceptors (Lipinski definition) is 5. The van der Waals surface area contributed by atoms with Gasteiger partial charge in [-0.1, -0.05) is 12.1 Å². The van der Waals surface area contributed by atoms with Gasteiger partial charge in [0.15, 0.2) is 0 Å². The van der Waals surface area contributed by atoms with Gasteiger partial charge in [0.1, 0.15) is 5.54 Å². The number of para-hydroxylation sites is 2. The van der Waals surface area contributed by atoms with Crippen LogP contribution in [-0.2, 0) is 19.1 Å². The van der Waals surface area contributed by atoms with E-state index in [0.29, 0.717) is 18.0 Å². The first-order chi connectivity index (χ1) is 10.9. The van der Waals surface area contributed by atoms with E-state index >= 15 is 0 Å². The van der Waals surface area contributed by atoms with Gasteiger partial charge in [-0.3, -0.25) is 19.3 Å². The SMILES string of the molecule is CCOC(=O)CSCC(=O)N1c2ccccc2NC(=O)C1(C)C. The number of esters is 1. The summed E-state index contributed by atoms with van der Waals surface area (Å²) in [6.45, 7) is 5.46. The monoisotopic (exact) mass is 336 g/mol.